The Balaban J connectivity index is -0.000000359. The molecular weight excluding hydrogens is 394 g/mol. The molecule has 0 saturated heterocycles. The second kappa shape index (κ2) is 17.1. The van der Waals surface area contributed by atoms with Crippen molar-refractivity contribution < 1.29 is 39.6 Å². The molecule has 29 heavy (non-hydrogen) atoms. The monoisotopic (exact) mass is 425 g/mol. The van der Waals surface area contributed by atoms with Crippen molar-refractivity contribution in [2.45, 2.75) is 50.4 Å². The van der Waals surface area contributed by atoms with E-state index in [1.807, 2.05) is 0 Å². The first-order chi connectivity index (χ1) is 13.1. The normalized spacial score (nSPS) is 13.7. The maximum atomic E-state index is 10.2. The Morgan fingerprint density at radius 1 is 0.862 bits per heavy atom. The van der Waals surface area contributed by atoms with Gasteiger partial charge in [0.15, 0.2) is 5.96 Å². The van der Waals surface area contributed by atoms with Gasteiger partial charge in [-0.05, 0) is 19.8 Å². The number of hydrogen-bond donors (Lipinski definition) is 10. The number of carboxylic acid groups (broad SMARTS) is 3. The lowest BCUT2D eigenvalue weighted by Crippen LogP contribution is -2.39. The predicted molar refractivity (Wildman–Crippen MR) is 102 cm³/mol. The summed E-state index contributed by atoms with van der Waals surface area (Å²) in [4.78, 5) is 43.6. The quantitative estimate of drug-likeness (QED) is 0.0896. The topological polar surface area (TPSA) is 318 Å². The van der Waals surface area contributed by atoms with Crippen LogP contribution in [0.5, 0.6) is 0 Å². The van der Waals surface area contributed by atoms with Crippen LogP contribution in [0.15, 0.2) is 4.99 Å². The summed E-state index contributed by atoms with van der Waals surface area (Å²) in [6, 6.07) is -3.14. The summed E-state index contributed by atoms with van der Waals surface area (Å²) >= 11 is 0. The van der Waals surface area contributed by atoms with E-state index in [4.69, 9.17) is 49.1 Å². The molecule has 0 fully saturated rings. The number of aliphatic carboxylic acids is 3. The number of aliphatic hydroxyl groups excluding tert-OH is 1. The van der Waals surface area contributed by atoms with Gasteiger partial charge in [-0.1, -0.05) is 0 Å². The Kier molecular flexibility index (Phi) is 18.1. The van der Waals surface area contributed by atoms with Gasteiger partial charge in [0.25, 0.3) is 0 Å². The Bertz CT molecular complexity index is 552. The maximum absolute atomic E-state index is 10.2. The fourth-order valence-electron chi connectivity index (χ4n) is 1.15. The lowest BCUT2D eigenvalue weighted by molar-refractivity contribution is -0.141. The molecule has 4 atom stereocenters. The minimum Gasteiger partial charge on any atom is -0.480 e. The zero-order valence-electron chi connectivity index (χ0n) is 16.0. The van der Waals surface area contributed by atoms with Gasteiger partial charge in [-0.15, -0.1) is 0 Å². The molecule has 0 rings (SSSR count). The van der Waals surface area contributed by atoms with Crippen LogP contribution in [0, 0.1) is 0 Å². The zero-order chi connectivity index (χ0) is 23.7. The summed E-state index contributed by atoms with van der Waals surface area (Å²) < 4.78 is 0. The third-order valence-electron chi connectivity index (χ3n) is 2.83. The predicted octanol–water partition coefficient (Wildman–Crippen LogP) is -4.50. The van der Waals surface area contributed by atoms with Gasteiger partial charge < -0.3 is 54.8 Å². The van der Waals surface area contributed by atoms with Gasteiger partial charge in [-0.25, -0.2) is 0 Å². The van der Waals surface area contributed by atoms with E-state index in [2.05, 4.69) is 10.7 Å². The third kappa shape index (κ3) is 23.0. The van der Waals surface area contributed by atoms with Crippen molar-refractivity contribution in [3.05, 3.63) is 0 Å². The average Bonchev–Trinajstić information content (AvgIpc) is 2.57. The standard InChI is InChI=1S/C6H14N4O2.C4H8N2O3.C4H9NO3/c7-4(5(11)12)2-1-3-10-6(8)9;5-2(4(8)9)1-3(6)7;1-2(6)3(5)4(7)8/h4H,1-3,7H2,(H,11,12)(H4,8,9,10);2H,1,5H2,(H2,6,7)(H,8,9);2-3,6H,5H2,1H3,(H,7,8). The molecular formula is C14H31N7O8. The summed E-state index contributed by atoms with van der Waals surface area (Å²) in [6.45, 7) is 1.75. The Labute approximate surface area is 166 Å². The number of carbonyl (C=O) groups is 4. The van der Waals surface area contributed by atoms with E-state index in [0.717, 1.165) is 0 Å². The van der Waals surface area contributed by atoms with Crippen LogP contribution in [0.25, 0.3) is 0 Å². The SMILES string of the molecule is CC(O)C(N)C(=O)O.NC(=O)CC(N)C(=O)O.NC(N)=NCCCC(N)C(=O)O. The number of aliphatic hydroxyl groups is 1. The molecule has 0 aromatic rings. The van der Waals surface area contributed by atoms with Gasteiger partial charge in [0.1, 0.15) is 18.1 Å². The first kappa shape index (κ1) is 30.7. The molecule has 15 heteroatoms. The van der Waals surface area contributed by atoms with Crippen molar-refractivity contribution >= 4 is 29.8 Å². The fraction of sp³-hybridized carbons (Fsp3) is 0.643. The molecule has 0 aliphatic carbocycles. The zero-order valence-corrected chi connectivity index (χ0v) is 16.0. The van der Waals surface area contributed by atoms with Crippen LogP contribution < -0.4 is 34.4 Å². The first-order valence-electron chi connectivity index (χ1n) is 8.10. The minimum atomic E-state index is -1.21. The highest BCUT2D eigenvalue weighted by molar-refractivity contribution is 5.83. The van der Waals surface area contributed by atoms with Gasteiger partial charge in [-0.2, -0.15) is 0 Å². The fourth-order valence-corrected chi connectivity index (χ4v) is 1.15. The molecule has 4 unspecified atom stereocenters. The number of guanidine groups is 1. The van der Waals surface area contributed by atoms with Crippen LogP contribution in [0.2, 0.25) is 0 Å². The Morgan fingerprint density at radius 3 is 1.52 bits per heavy atom. The number of rotatable bonds is 10. The molecule has 16 N–H and O–H groups in total. The van der Waals surface area contributed by atoms with Crippen molar-refractivity contribution in [2.75, 3.05) is 6.54 Å². The summed E-state index contributed by atoms with van der Waals surface area (Å²) in [5.41, 5.74) is 29.8. The molecule has 170 valence electrons. The summed E-state index contributed by atoms with van der Waals surface area (Å²) in [5, 5.41) is 33.0. The van der Waals surface area contributed by atoms with E-state index >= 15 is 0 Å². The average molecular weight is 425 g/mol. The minimum absolute atomic E-state index is 0.0129. The van der Waals surface area contributed by atoms with Crippen LogP contribution in [0.4, 0.5) is 0 Å². The molecule has 0 heterocycles. The van der Waals surface area contributed by atoms with Crippen molar-refractivity contribution in [1.29, 1.82) is 0 Å². The smallest absolute Gasteiger partial charge is 0.323 e. The van der Waals surface area contributed by atoms with E-state index in [0.29, 0.717) is 19.4 Å². The second-order valence-electron chi connectivity index (χ2n) is 5.61. The molecule has 0 bridgehead atoms. The second-order valence-corrected chi connectivity index (χ2v) is 5.61. The molecule has 0 radical (unpaired) electrons. The van der Waals surface area contributed by atoms with Crippen molar-refractivity contribution in [2.24, 2.45) is 39.4 Å². The molecule has 0 aliphatic heterocycles. The summed E-state index contributed by atoms with van der Waals surface area (Å²) in [5.74, 6) is -4.09. The van der Waals surface area contributed by atoms with Crippen LogP contribution in [0.1, 0.15) is 26.2 Å². The third-order valence-corrected chi connectivity index (χ3v) is 2.83. The summed E-state index contributed by atoms with van der Waals surface area (Å²) in [6.07, 6.45) is -0.334. The van der Waals surface area contributed by atoms with E-state index in [1.54, 1.807) is 0 Å². The Hall–Kier alpha value is -3.01. The van der Waals surface area contributed by atoms with Crippen LogP contribution in [-0.4, -0.2) is 81.0 Å². The number of nitrogens with zero attached hydrogens (tertiary/aromatic N) is 1. The molecule has 1 amide bonds. The first-order valence-corrected chi connectivity index (χ1v) is 8.10. The highest BCUT2D eigenvalue weighted by atomic mass is 16.4. The Morgan fingerprint density at radius 2 is 1.31 bits per heavy atom. The number of primary amides is 1. The van der Waals surface area contributed by atoms with Crippen LogP contribution in [0.3, 0.4) is 0 Å². The largest absolute Gasteiger partial charge is 0.480 e. The van der Waals surface area contributed by atoms with Gasteiger partial charge in [-0.3, -0.25) is 24.2 Å². The number of nitrogens with two attached hydrogens (primary N) is 6. The van der Waals surface area contributed by atoms with Crippen molar-refractivity contribution in [3.8, 4) is 0 Å². The van der Waals surface area contributed by atoms with Crippen LogP contribution in [-0.2, 0) is 19.2 Å². The molecule has 0 aromatic heterocycles. The lowest BCUT2D eigenvalue weighted by Gasteiger charge is -2.06. The number of carboxylic acids is 3. The van der Waals surface area contributed by atoms with E-state index < -0.39 is 48.0 Å². The van der Waals surface area contributed by atoms with Gasteiger partial charge in [0.05, 0.1) is 12.5 Å². The van der Waals surface area contributed by atoms with E-state index in [-0.39, 0.29) is 12.4 Å². The number of aliphatic imine (C=N–C) groups is 1. The highest BCUT2D eigenvalue weighted by Crippen LogP contribution is 1.94. The number of amides is 1. The van der Waals surface area contributed by atoms with E-state index in [1.165, 1.54) is 6.92 Å². The molecule has 0 spiro atoms. The van der Waals surface area contributed by atoms with Crippen molar-refractivity contribution in [3.63, 3.8) is 0 Å². The molecule has 0 aromatic carbocycles. The number of carbonyl (C=O) groups excluding carboxylic acids is 1. The number of hydrogen-bond acceptors (Lipinski definition) is 9. The highest BCUT2D eigenvalue weighted by Gasteiger charge is 2.16. The molecule has 15 nitrogen and oxygen atoms in total. The van der Waals surface area contributed by atoms with Crippen molar-refractivity contribution in [1.82, 2.24) is 0 Å². The van der Waals surface area contributed by atoms with Gasteiger partial charge in [0.2, 0.25) is 5.91 Å². The molecule has 0 aliphatic rings. The maximum Gasteiger partial charge on any atom is 0.323 e. The van der Waals surface area contributed by atoms with Gasteiger partial charge in [0, 0.05) is 6.54 Å². The van der Waals surface area contributed by atoms with E-state index in [9.17, 15) is 19.2 Å². The van der Waals surface area contributed by atoms with Gasteiger partial charge >= 0.3 is 17.9 Å². The molecule has 0 saturated carbocycles. The lowest BCUT2D eigenvalue weighted by atomic mass is 10.2. The summed E-state index contributed by atoms with van der Waals surface area (Å²) in [7, 11) is 0. The van der Waals surface area contributed by atoms with Crippen LogP contribution >= 0.6 is 0 Å².